The second kappa shape index (κ2) is 6.57. The van der Waals surface area contributed by atoms with E-state index in [1.54, 1.807) is 7.11 Å². The molecule has 0 spiro atoms. The number of thiocarbonyl (C=S) groups is 1. The predicted molar refractivity (Wildman–Crippen MR) is 75.5 cm³/mol. The van der Waals surface area contributed by atoms with Gasteiger partial charge >= 0.3 is 0 Å². The first-order valence-electron chi connectivity index (χ1n) is 5.81. The lowest BCUT2D eigenvalue weighted by Crippen LogP contribution is -2.22. The van der Waals surface area contributed by atoms with Crippen molar-refractivity contribution in [3.63, 3.8) is 0 Å². The van der Waals surface area contributed by atoms with Crippen molar-refractivity contribution in [3.8, 4) is 5.75 Å². The molecule has 17 heavy (non-hydrogen) atoms. The Morgan fingerprint density at radius 2 is 2.00 bits per heavy atom. The number of methoxy groups -OCH3 is 1. The van der Waals surface area contributed by atoms with Crippen molar-refractivity contribution in [1.29, 1.82) is 0 Å². The van der Waals surface area contributed by atoms with E-state index in [1.165, 1.54) is 5.56 Å². The lowest BCUT2D eigenvalue weighted by molar-refractivity contribution is 0.295. The topological polar surface area (TPSA) is 38.5 Å². The van der Waals surface area contributed by atoms with Crippen LogP contribution in [0, 0.1) is 0 Å². The van der Waals surface area contributed by atoms with Crippen LogP contribution < -0.4 is 10.5 Å². The second-order valence-corrected chi connectivity index (χ2v) is 4.30. The molecule has 1 aromatic carbocycles. The van der Waals surface area contributed by atoms with E-state index in [2.05, 4.69) is 24.8 Å². The Morgan fingerprint density at radius 1 is 1.35 bits per heavy atom. The van der Waals surface area contributed by atoms with Crippen LogP contribution in [0.2, 0.25) is 0 Å². The van der Waals surface area contributed by atoms with Crippen molar-refractivity contribution in [1.82, 2.24) is 4.90 Å². The number of nitrogens with zero attached hydrogens (tertiary/aromatic N) is 1. The van der Waals surface area contributed by atoms with E-state index in [1.807, 2.05) is 12.1 Å². The summed E-state index contributed by atoms with van der Waals surface area (Å²) >= 11 is 5.03. The van der Waals surface area contributed by atoms with Crippen LogP contribution in [0.3, 0.4) is 0 Å². The molecule has 0 heterocycles. The molecule has 0 amide bonds. The van der Waals surface area contributed by atoms with E-state index >= 15 is 0 Å². The van der Waals surface area contributed by atoms with Gasteiger partial charge in [0.2, 0.25) is 0 Å². The van der Waals surface area contributed by atoms with Crippen molar-refractivity contribution < 1.29 is 4.74 Å². The Labute approximate surface area is 109 Å². The van der Waals surface area contributed by atoms with Gasteiger partial charge in [-0.05, 0) is 30.8 Å². The summed E-state index contributed by atoms with van der Waals surface area (Å²) in [5, 5.41) is 0. The standard InChI is InChI=1S/C13H20N2OS/c1-4-15(5-2)9-10-6-7-12(16-3)11(8-10)13(14)17/h6-8H,4-5,9H2,1-3H3,(H2,14,17). The van der Waals surface area contributed by atoms with Crippen LogP contribution in [0.4, 0.5) is 0 Å². The monoisotopic (exact) mass is 252 g/mol. The molecule has 1 rings (SSSR count). The van der Waals surface area contributed by atoms with Gasteiger partial charge in [-0.2, -0.15) is 0 Å². The Bertz CT molecular complexity index is 389. The molecule has 94 valence electrons. The third-order valence-corrected chi connectivity index (χ3v) is 3.05. The SMILES string of the molecule is CCN(CC)Cc1ccc(OC)c(C(N)=S)c1. The van der Waals surface area contributed by atoms with Crippen molar-refractivity contribution in [2.75, 3.05) is 20.2 Å². The quantitative estimate of drug-likeness (QED) is 0.788. The van der Waals surface area contributed by atoms with Gasteiger partial charge in [-0.3, -0.25) is 4.90 Å². The van der Waals surface area contributed by atoms with Crippen LogP contribution in [0.15, 0.2) is 18.2 Å². The van der Waals surface area contributed by atoms with Gasteiger partial charge in [0.05, 0.1) is 12.7 Å². The average Bonchev–Trinajstić information content (AvgIpc) is 2.35. The molecule has 0 saturated heterocycles. The summed E-state index contributed by atoms with van der Waals surface area (Å²) in [5.41, 5.74) is 7.71. The number of rotatable bonds is 6. The largest absolute Gasteiger partial charge is 0.496 e. The van der Waals surface area contributed by atoms with Gasteiger partial charge in [-0.15, -0.1) is 0 Å². The first-order chi connectivity index (χ1) is 8.12. The van der Waals surface area contributed by atoms with Crippen molar-refractivity contribution >= 4 is 17.2 Å². The van der Waals surface area contributed by atoms with Crippen LogP contribution in [0.25, 0.3) is 0 Å². The van der Waals surface area contributed by atoms with Gasteiger partial charge in [-0.25, -0.2) is 0 Å². The molecule has 0 atom stereocenters. The molecule has 4 heteroatoms. The van der Waals surface area contributed by atoms with Crippen LogP contribution in [0.1, 0.15) is 25.0 Å². The highest BCUT2D eigenvalue weighted by Crippen LogP contribution is 2.20. The molecule has 1 aromatic rings. The smallest absolute Gasteiger partial charge is 0.129 e. The minimum Gasteiger partial charge on any atom is -0.496 e. The molecular formula is C13H20N2OS. The lowest BCUT2D eigenvalue weighted by atomic mass is 10.1. The van der Waals surface area contributed by atoms with Crippen LogP contribution in [-0.4, -0.2) is 30.1 Å². The van der Waals surface area contributed by atoms with Crippen LogP contribution in [0.5, 0.6) is 5.75 Å². The fourth-order valence-electron chi connectivity index (χ4n) is 1.75. The van der Waals surface area contributed by atoms with E-state index in [-0.39, 0.29) is 0 Å². The van der Waals surface area contributed by atoms with Crippen molar-refractivity contribution in [3.05, 3.63) is 29.3 Å². The van der Waals surface area contributed by atoms with E-state index < -0.39 is 0 Å². The number of ether oxygens (including phenoxy) is 1. The zero-order valence-electron chi connectivity index (χ0n) is 10.7. The summed E-state index contributed by atoms with van der Waals surface area (Å²) in [6.07, 6.45) is 0. The molecule has 3 nitrogen and oxygen atoms in total. The van der Waals surface area contributed by atoms with E-state index in [9.17, 15) is 0 Å². The maximum Gasteiger partial charge on any atom is 0.129 e. The molecular weight excluding hydrogens is 232 g/mol. The number of benzene rings is 1. The maximum atomic E-state index is 5.69. The Hall–Kier alpha value is -1.13. The summed E-state index contributed by atoms with van der Waals surface area (Å²) in [6.45, 7) is 7.28. The summed E-state index contributed by atoms with van der Waals surface area (Å²) < 4.78 is 5.24. The molecule has 0 aliphatic rings. The fraction of sp³-hybridized carbons (Fsp3) is 0.462. The maximum absolute atomic E-state index is 5.69. The Balaban J connectivity index is 2.95. The zero-order valence-corrected chi connectivity index (χ0v) is 11.5. The zero-order chi connectivity index (χ0) is 12.8. The van der Waals surface area contributed by atoms with Gasteiger partial charge in [0.15, 0.2) is 0 Å². The molecule has 0 fully saturated rings. The summed E-state index contributed by atoms with van der Waals surface area (Å²) in [4.78, 5) is 2.72. The molecule has 0 aliphatic heterocycles. The average molecular weight is 252 g/mol. The normalized spacial score (nSPS) is 10.6. The fourth-order valence-corrected chi connectivity index (χ4v) is 1.91. The number of hydrogen-bond acceptors (Lipinski definition) is 3. The van der Waals surface area contributed by atoms with Crippen molar-refractivity contribution in [2.24, 2.45) is 5.73 Å². The highest BCUT2D eigenvalue weighted by atomic mass is 32.1. The van der Waals surface area contributed by atoms with Gasteiger partial charge in [0.25, 0.3) is 0 Å². The van der Waals surface area contributed by atoms with Crippen LogP contribution >= 0.6 is 12.2 Å². The van der Waals surface area contributed by atoms with E-state index in [0.717, 1.165) is 30.9 Å². The minimum atomic E-state index is 0.378. The Kier molecular flexibility index (Phi) is 5.38. The molecule has 0 bridgehead atoms. The lowest BCUT2D eigenvalue weighted by Gasteiger charge is -2.19. The third-order valence-electron chi connectivity index (χ3n) is 2.83. The first kappa shape index (κ1) is 13.9. The van der Waals surface area contributed by atoms with E-state index in [0.29, 0.717) is 4.99 Å². The molecule has 0 saturated carbocycles. The summed E-state index contributed by atoms with van der Waals surface area (Å²) in [5.74, 6) is 0.737. The van der Waals surface area contributed by atoms with Gasteiger partial charge < -0.3 is 10.5 Å². The minimum absolute atomic E-state index is 0.378. The van der Waals surface area contributed by atoms with Gasteiger partial charge in [0, 0.05) is 6.54 Å². The highest BCUT2D eigenvalue weighted by Gasteiger charge is 2.08. The van der Waals surface area contributed by atoms with E-state index in [4.69, 9.17) is 22.7 Å². The Morgan fingerprint density at radius 3 is 2.47 bits per heavy atom. The number of hydrogen-bond donors (Lipinski definition) is 1. The molecule has 0 aliphatic carbocycles. The highest BCUT2D eigenvalue weighted by molar-refractivity contribution is 7.80. The second-order valence-electron chi connectivity index (χ2n) is 3.86. The van der Waals surface area contributed by atoms with Gasteiger partial charge in [0.1, 0.15) is 10.7 Å². The first-order valence-corrected chi connectivity index (χ1v) is 6.22. The summed E-state index contributed by atoms with van der Waals surface area (Å²) in [6, 6.07) is 5.99. The third kappa shape index (κ3) is 3.68. The predicted octanol–water partition coefficient (Wildman–Crippen LogP) is 2.17. The molecule has 0 unspecified atom stereocenters. The van der Waals surface area contributed by atoms with Gasteiger partial charge in [-0.1, -0.05) is 32.1 Å². The van der Waals surface area contributed by atoms with Crippen molar-refractivity contribution in [2.45, 2.75) is 20.4 Å². The van der Waals surface area contributed by atoms with Crippen LogP contribution in [-0.2, 0) is 6.54 Å². The molecule has 0 radical (unpaired) electrons. The molecule has 0 aromatic heterocycles. The summed E-state index contributed by atoms with van der Waals surface area (Å²) in [7, 11) is 1.63. The molecule has 2 N–H and O–H groups in total. The number of nitrogens with two attached hydrogens (primary N) is 1.